The van der Waals surface area contributed by atoms with Crippen molar-refractivity contribution in [2.75, 3.05) is 6.54 Å². The molecule has 3 rings (SSSR count). The van der Waals surface area contributed by atoms with Crippen LogP contribution in [0.15, 0.2) is 53.7 Å². The van der Waals surface area contributed by atoms with Gasteiger partial charge in [0.2, 0.25) is 0 Å². The van der Waals surface area contributed by atoms with E-state index in [9.17, 15) is 8.78 Å². The second kappa shape index (κ2) is 5.21. The van der Waals surface area contributed by atoms with Crippen LogP contribution >= 0.6 is 0 Å². The van der Waals surface area contributed by atoms with Gasteiger partial charge in [-0.05, 0) is 48.0 Å². The molecule has 0 spiro atoms. The molecule has 0 aliphatic carbocycles. The molecule has 0 bridgehead atoms. The number of benzene rings is 1. The number of aromatic nitrogens is 1. The van der Waals surface area contributed by atoms with Crippen LogP contribution in [0, 0.1) is 11.6 Å². The lowest BCUT2D eigenvalue weighted by Gasteiger charge is -2.17. The van der Waals surface area contributed by atoms with Gasteiger partial charge in [0.1, 0.15) is 17.3 Å². The molecule has 0 atom stereocenters. The molecule has 1 aliphatic rings. The van der Waals surface area contributed by atoms with Gasteiger partial charge in [0.25, 0.3) is 0 Å². The van der Waals surface area contributed by atoms with E-state index in [0.717, 1.165) is 17.5 Å². The maximum atomic E-state index is 12.9. The van der Waals surface area contributed by atoms with Crippen molar-refractivity contribution in [3.8, 4) is 0 Å². The molecule has 0 saturated carbocycles. The van der Waals surface area contributed by atoms with Gasteiger partial charge in [-0.25, -0.2) is 13.8 Å². The van der Waals surface area contributed by atoms with Crippen LogP contribution in [0.5, 0.6) is 0 Å². The minimum Gasteiger partial charge on any atom is -0.338 e. The summed E-state index contributed by atoms with van der Waals surface area (Å²) in [5, 5.41) is 3.13. The van der Waals surface area contributed by atoms with Gasteiger partial charge >= 0.3 is 0 Å². The zero-order valence-corrected chi connectivity index (χ0v) is 10.5. The highest BCUT2D eigenvalue weighted by Crippen LogP contribution is 2.15. The average Bonchev–Trinajstić information content (AvgIpc) is 2.49. The van der Waals surface area contributed by atoms with Gasteiger partial charge in [0, 0.05) is 5.70 Å². The van der Waals surface area contributed by atoms with E-state index in [-0.39, 0.29) is 11.6 Å². The maximum absolute atomic E-state index is 12.9. The molecule has 2 heterocycles. The summed E-state index contributed by atoms with van der Waals surface area (Å²) >= 11 is 0. The Morgan fingerprint density at radius 1 is 0.950 bits per heavy atom. The number of pyridine rings is 1. The zero-order valence-electron chi connectivity index (χ0n) is 10.5. The van der Waals surface area contributed by atoms with Gasteiger partial charge in [0.05, 0.1) is 12.7 Å². The van der Waals surface area contributed by atoms with Crippen molar-refractivity contribution in [1.29, 1.82) is 0 Å². The summed E-state index contributed by atoms with van der Waals surface area (Å²) in [7, 11) is 0. The van der Waals surface area contributed by atoms with E-state index < -0.39 is 0 Å². The molecule has 5 heteroatoms. The first-order valence-electron chi connectivity index (χ1n) is 6.12. The predicted octanol–water partition coefficient (Wildman–Crippen LogP) is 2.75. The third-order valence-corrected chi connectivity index (χ3v) is 2.92. The lowest BCUT2D eigenvalue weighted by Crippen LogP contribution is -2.27. The molecule has 2 aromatic rings. The Morgan fingerprint density at radius 2 is 1.70 bits per heavy atom. The van der Waals surface area contributed by atoms with E-state index in [0.29, 0.717) is 18.1 Å². The van der Waals surface area contributed by atoms with Gasteiger partial charge in [-0.2, -0.15) is 0 Å². The van der Waals surface area contributed by atoms with Gasteiger partial charge in [-0.15, -0.1) is 0 Å². The van der Waals surface area contributed by atoms with Gasteiger partial charge in [0.15, 0.2) is 5.84 Å². The summed E-state index contributed by atoms with van der Waals surface area (Å²) < 4.78 is 25.8. The summed E-state index contributed by atoms with van der Waals surface area (Å²) in [5.41, 5.74) is 2.26. The molecule has 1 aromatic heterocycles. The largest absolute Gasteiger partial charge is 0.338 e. The van der Waals surface area contributed by atoms with Crippen LogP contribution < -0.4 is 5.32 Å². The maximum Gasteiger partial charge on any atom is 0.152 e. The number of amidine groups is 1. The van der Waals surface area contributed by atoms with Crippen molar-refractivity contribution in [1.82, 2.24) is 10.3 Å². The number of nitrogens with zero attached hydrogens (tertiary/aromatic N) is 2. The normalized spacial score (nSPS) is 14.3. The first-order chi connectivity index (χ1) is 9.72. The first-order valence-corrected chi connectivity index (χ1v) is 6.12. The second-order valence-corrected chi connectivity index (χ2v) is 4.30. The minimum atomic E-state index is -0.389. The number of aliphatic imine (C=N–C) groups is 1. The number of rotatable bonds is 2. The minimum absolute atomic E-state index is 0.278. The van der Waals surface area contributed by atoms with Crippen molar-refractivity contribution >= 4 is 11.5 Å². The lowest BCUT2D eigenvalue weighted by atomic mass is 10.1. The Bertz CT molecular complexity index is 614. The standard InChI is InChI=1S/C15H11F2N3/c16-11-3-1-10(2-4-11)13-7-8-18-15(20-13)14-6-5-12(17)9-19-14/h1-7,9H,8H2,(H,18,20). The number of nitrogens with one attached hydrogen (secondary N) is 1. The van der Waals surface area contributed by atoms with Crippen LogP contribution in [0.3, 0.4) is 0 Å². The highest BCUT2D eigenvalue weighted by Gasteiger charge is 2.12. The molecule has 100 valence electrons. The fourth-order valence-corrected chi connectivity index (χ4v) is 1.93. The molecular formula is C15H11F2N3. The van der Waals surface area contributed by atoms with Crippen molar-refractivity contribution in [2.45, 2.75) is 0 Å². The third-order valence-electron chi connectivity index (χ3n) is 2.92. The van der Waals surface area contributed by atoms with Crippen molar-refractivity contribution in [3.05, 3.63) is 71.6 Å². The number of halogens is 2. The Hall–Kier alpha value is -2.56. The van der Waals surface area contributed by atoms with E-state index >= 15 is 0 Å². The van der Waals surface area contributed by atoms with Crippen molar-refractivity contribution < 1.29 is 8.78 Å². The smallest absolute Gasteiger partial charge is 0.152 e. The molecule has 0 saturated heterocycles. The quantitative estimate of drug-likeness (QED) is 0.912. The molecule has 1 aromatic carbocycles. The first kappa shape index (κ1) is 12.5. The van der Waals surface area contributed by atoms with Crippen LogP contribution in [-0.4, -0.2) is 17.4 Å². The monoisotopic (exact) mass is 271 g/mol. The number of hydrogen-bond acceptors (Lipinski definition) is 3. The van der Waals surface area contributed by atoms with E-state index in [1.807, 2.05) is 6.08 Å². The molecule has 0 fully saturated rings. The number of hydrogen-bond donors (Lipinski definition) is 1. The fourth-order valence-electron chi connectivity index (χ4n) is 1.93. The molecule has 3 nitrogen and oxygen atoms in total. The van der Waals surface area contributed by atoms with Crippen LogP contribution in [0.1, 0.15) is 11.3 Å². The van der Waals surface area contributed by atoms with Crippen molar-refractivity contribution in [2.24, 2.45) is 4.99 Å². The molecule has 1 N–H and O–H groups in total. The molecule has 1 aliphatic heterocycles. The average molecular weight is 271 g/mol. The summed E-state index contributed by atoms with van der Waals surface area (Å²) in [6, 6.07) is 9.08. The van der Waals surface area contributed by atoms with Gasteiger partial charge < -0.3 is 5.32 Å². The van der Waals surface area contributed by atoms with E-state index in [1.54, 1.807) is 18.2 Å². The summed E-state index contributed by atoms with van der Waals surface area (Å²) in [5.74, 6) is -0.0921. The third kappa shape index (κ3) is 2.56. The van der Waals surface area contributed by atoms with Crippen LogP contribution in [0.4, 0.5) is 8.78 Å². The summed E-state index contributed by atoms with van der Waals surface area (Å²) in [6.07, 6.45) is 3.05. The molecule has 0 radical (unpaired) electrons. The fraction of sp³-hybridized carbons (Fsp3) is 0.0667. The highest BCUT2D eigenvalue weighted by molar-refractivity contribution is 6.03. The SMILES string of the molecule is Fc1ccc(C2=CCN=C(c3ccc(F)cn3)N2)cc1. The molecule has 0 unspecified atom stereocenters. The Balaban J connectivity index is 1.83. The van der Waals surface area contributed by atoms with Gasteiger partial charge in [-0.3, -0.25) is 4.99 Å². The van der Waals surface area contributed by atoms with Crippen LogP contribution in [0.2, 0.25) is 0 Å². The van der Waals surface area contributed by atoms with Gasteiger partial charge in [-0.1, -0.05) is 0 Å². The highest BCUT2D eigenvalue weighted by atomic mass is 19.1. The zero-order chi connectivity index (χ0) is 13.9. The Kier molecular flexibility index (Phi) is 3.25. The van der Waals surface area contributed by atoms with E-state index in [1.165, 1.54) is 18.2 Å². The Labute approximate surface area is 114 Å². The second-order valence-electron chi connectivity index (χ2n) is 4.30. The van der Waals surface area contributed by atoms with E-state index in [2.05, 4.69) is 15.3 Å². The Morgan fingerprint density at radius 3 is 2.40 bits per heavy atom. The predicted molar refractivity (Wildman–Crippen MR) is 73.1 cm³/mol. The lowest BCUT2D eigenvalue weighted by molar-refractivity contribution is 0.621. The molecule has 0 amide bonds. The van der Waals surface area contributed by atoms with Crippen molar-refractivity contribution in [3.63, 3.8) is 0 Å². The van der Waals surface area contributed by atoms with Crippen LogP contribution in [0.25, 0.3) is 5.70 Å². The molecule has 20 heavy (non-hydrogen) atoms. The molecular weight excluding hydrogens is 260 g/mol. The summed E-state index contributed by atoms with van der Waals surface area (Å²) in [4.78, 5) is 8.28. The summed E-state index contributed by atoms with van der Waals surface area (Å²) in [6.45, 7) is 0.494. The topological polar surface area (TPSA) is 37.3 Å². The van der Waals surface area contributed by atoms with Crippen LogP contribution in [-0.2, 0) is 0 Å². The van der Waals surface area contributed by atoms with E-state index in [4.69, 9.17) is 0 Å².